The van der Waals surface area contributed by atoms with Crippen LogP contribution in [0.1, 0.15) is 26.7 Å². The predicted octanol–water partition coefficient (Wildman–Crippen LogP) is 1.33. The molecule has 2 aliphatic rings. The third-order valence-electron chi connectivity index (χ3n) is 3.66. The van der Waals surface area contributed by atoms with Crippen LogP contribution in [0.15, 0.2) is 0 Å². The lowest BCUT2D eigenvalue weighted by Gasteiger charge is -2.23. The highest BCUT2D eigenvalue weighted by atomic mass is 15.2. The van der Waals surface area contributed by atoms with Crippen molar-refractivity contribution in [2.75, 3.05) is 26.2 Å². The average molecular weight is 182 g/mol. The Morgan fingerprint density at radius 1 is 1.31 bits per heavy atom. The van der Waals surface area contributed by atoms with E-state index in [1.807, 2.05) is 0 Å². The van der Waals surface area contributed by atoms with Crippen molar-refractivity contribution in [3.05, 3.63) is 0 Å². The summed E-state index contributed by atoms with van der Waals surface area (Å²) in [5.41, 5.74) is 0. The van der Waals surface area contributed by atoms with E-state index in [-0.39, 0.29) is 0 Å². The van der Waals surface area contributed by atoms with Crippen LogP contribution in [0, 0.1) is 11.8 Å². The standard InChI is InChI=1S/C11H22N2/c1-9-4-6-13(7-9)8-11-10(2)3-5-12-11/h9-12H,3-8H2,1-2H3. The van der Waals surface area contributed by atoms with Gasteiger partial charge in [0.2, 0.25) is 0 Å². The van der Waals surface area contributed by atoms with Crippen molar-refractivity contribution in [2.24, 2.45) is 11.8 Å². The van der Waals surface area contributed by atoms with E-state index in [9.17, 15) is 0 Å². The van der Waals surface area contributed by atoms with Crippen molar-refractivity contribution in [2.45, 2.75) is 32.7 Å². The van der Waals surface area contributed by atoms with E-state index in [1.165, 1.54) is 39.0 Å². The van der Waals surface area contributed by atoms with Gasteiger partial charge in [0, 0.05) is 19.1 Å². The molecule has 2 saturated heterocycles. The Hall–Kier alpha value is -0.0800. The van der Waals surface area contributed by atoms with E-state index >= 15 is 0 Å². The van der Waals surface area contributed by atoms with Gasteiger partial charge >= 0.3 is 0 Å². The lowest BCUT2D eigenvalue weighted by Crippen LogP contribution is -2.39. The number of nitrogens with one attached hydrogen (secondary N) is 1. The smallest absolute Gasteiger partial charge is 0.0221 e. The molecule has 0 aromatic heterocycles. The van der Waals surface area contributed by atoms with Crippen LogP contribution in [0.3, 0.4) is 0 Å². The van der Waals surface area contributed by atoms with Crippen LogP contribution in [0.5, 0.6) is 0 Å². The van der Waals surface area contributed by atoms with Crippen LogP contribution in [0.2, 0.25) is 0 Å². The molecular weight excluding hydrogens is 160 g/mol. The zero-order valence-corrected chi connectivity index (χ0v) is 8.92. The lowest BCUT2D eigenvalue weighted by molar-refractivity contribution is 0.273. The molecule has 0 spiro atoms. The van der Waals surface area contributed by atoms with Crippen molar-refractivity contribution in [3.63, 3.8) is 0 Å². The highest BCUT2D eigenvalue weighted by Crippen LogP contribution is 2.20. The van der Waals surface area contributed by atoms with Crippen LogP contribution in [-0.4, -0.2) is 37.1 Å². The predicted molar refractivity (Wildman–Crippen MR) is 55.8 cm³/mol. The fourth-order valence-corrected chi connectivity index (χ4v) is 2.61. The van der Waals surface area contributed by atoms with E-state index < -0.39 is 0 Å². The molecule has 2 rings (SSSR count). The van der Waals surface area contributed by atoms with Gasteiger partial charge in [0.25, 0.3) is 0 Å². The zero-order chi connectivity index (χ0) is 9.26. The van der Waals surface area contributed by atoms with Gasteiger partial charge in [0.1, 0.15) is 0 Å². The zero-order valence-electron chi connectivity index (χ0n) is 8.92. The first kappa shape index (κ1) is 9.47. The van der Waals surface area contributed by atoms with Crippen molar-refractivity contribution < 1.29 is 0 Å². The number of likely N-dealkylation sites (tertiary alicyclic amines) is 1. The summed E-state index contributed by atoms with van der Waals surface area (Å²) in [5, 5.41) is 3.61. The summed E-state index contributed by atoms with van der Waals surface area (Å²) in [4.78, 5) is 2.63. The number of hydrogen-bond donors (Lipinski definition) is 1. The minimum Gasteiger partial charge on any atom is -0.312 e. The van der Waals surface area contributed by atoms with Gasteiger partial charge in [0.05, 0.1) is 0 Å². The minimum absolute atomic E-state index is 0.769. The summed E-state index contributed by atoms with van der Waals surface area (Å²) in [6, 6.07) is 0.769. The molecular formula is C11H22N2. The molecule has 2 aliphatic heterocycles. The molecule has 3 unspecified atom stereocenters. The summed E-state index contributed by atoms with van der Waals surface area (Å²) < 4.78 is 0. The molecule has 0 radical (unpaired) electrons. The third-order valence-corrected chi connectivity index (χ3v) is 3.66. The van der Waals surface area contributed by atoms with Crippen LogP contribution in [-0.2, 0) is 0 Å². The first-order valence-electron chi connectivity index (χ1n) is 5.71. The molecule has 76 valence electrons. The monoisotopic (exact) mass is 182 g/mol. The summed E-state index contributed by atoms with van der Waals surface area (Å²) in [6.45, 7) is 9.91. The molecule has 0 bridgehead atoms. The third kappa shape index (κ3) is 2.23. The Morgan fingerprint density at radius 2 is 2.15 bits per heavy atom. The van der Waals surface area contributed by atoms with Crippen LogP contribution >= 0.6 is 0 Å². The fourth-order valence-electron chi connectivity index (χ4n) is 2.61. The molecule has 2 fully saturated rings. The van der Waals surface area contributed by atoms with Gasteiger partial charge in [-0.15, -0.1) is 0 Å². The lowest BCUT2D eigenvalue weighted by atomic mass is 10.0. The fraction of sp³-hybridized carbons (Fsp3) is 1.00. The molecule has 3 atom stereocenters. The largest absolute Gasteiger partial charge is 0.312 e. The Kier molecular flexibility index (Phi) is 2.89. The van der Waals surface area contributed by atoms with Gasteiger partial charge in [-0.25, -0.2) is 0 Å². The maximum atomic E-state index is 3.61. The molecule has 0 aliphatic carbocycles. The molecule has 2 heteroatoms. The van der Waals surface area contributed by atoms with Crippen molar-refractivity contribution in [1.82, 2.24) is 10.2 Å². The maximum absolute atomic E-state index is 3.61. The Balaban J connectivity index is 1.77. The van der Waals surface area contributed by atoms with Gasteiger partial charge < -0.3 is 10.2 Å². The highest BCUT2D eigenvalue weighted by Gasteiger charge is 2.27. The summed E-state index contributed by atoms with van der Waals surface area (Å²) in [7, 11) is 0. The second kappa shape index (κ2) is 3.97. The number of rotatable bonds is 2. The van der Waals surface area contributed by atoms with Crippen LogP contribution in [0.4, 0.5) is 0 Å². The summed E-state index contributed by atoms with van der Waals surface area (Å²) >= 11 is 0. The van der Waals surface area contributed by atoms with E-state index in [0.717, 1.165) is 17.9 Å². The molecule has 2 nitrogen and oxygen atoms in total. The van der Waals surface area contributed by atoms with Crippen LogP contribution < -0.4 is 5.32 Å². The van der Waals surface area contributed by atoms with Crippen LogP contribution in [0.25, 0.3) is 0 Å². The van der Waals surface area contributed by atoms with Crippen molar-refractivity contribution in [3.8, 4) is 0 Å². The summed E-state index contributed by atoms with van der Waals surface area (Å²) in [5.74, 6) is 1.81. The molecule has 13 heavy (non-hydrogen) atoms. The highest BCUT2D eigenvalue weighted by molar-refractivity contribution is 4.85. The van der Waals surface area contributed by atoms with Gasteiger partial charge in [-0.1, -0.05) is 13.8 Å². The summed E-state index contributed by atoms with van der Waals surface area (Å²) in [6.07, 6.45) is 2.77. The Bertz CT molecular complexity index is 169. The second-order valence-corrected chi connectivity index (χ2v) is 4.98. The minimum atomic E-state index is 0.769. The Labute approximate surface area is 81.7 Å². The Morgan fingerprint density at radius 3 is 2.69 bits per heavy atom. The molecule has 1 N–H and O–H groups in total. The number of nitrogens with zero attached hydrogens (tertiary/aromatic N) is 1. The SMILES string of the molecule is CC1CCN(CC2NCCC2C)C1. The normalized spacial score (nSPS) is 41.5. The quantitative estimate of drug-likeness (QED) is 0.693. The van der Waals surface area contributed by atoms with Gasteiger partial charge in [-0.3, -0.25) is 0 Å². The molecule has 0 saturated carbocycles. The van der Waals surface area contributed by atoms with E-state index in [1.54, 1.807) is 0 Å². The molecule has 0 aromatic carbocycles. The average Bonchev–Trinajstić information content (AvgIpc) is 2.64. The van der Waals surface area contributed by atoms with Crippen molar-refractivity contribution in [1.29, 1.82) is 0 Å². The first-order valence-corrected chi connectivity index (χ1v) is 5.71. The molecule has 2 heterocycles. The first-order chi connectivity index (χ1) is 6.25. The van der Waals surface area contributed by atoms with E-state index in [2.05, 4.69) is 24.1 Å². The topological polar surface area (TPSA) is 15.3 Å². The van der Waals surface area contributed by atoms with Gasteiger partial charge in [0.15, 0.2) is 0 Å². The van der Waals surface area contributed by atoms with Crippen molar-refractivity contribution >= 4 is 0 Å². The molecule has 0 aromatic rings. The molecule has 0 amide bonds. The maximum Gasteiger partial charge on any atom is 0.0221 e. The second-order valence-electron chi connectivity index (χ2n) is 4.98. The van der Waals surface area contributed by atoms with Gasteiger partial charge in [-0.2, -0.15) is 0 Å². The van der Waals surface area contributed by atoms with E-state index in [0.29, 0.717) is 0 Å². The number of hydrogen-bond acceptors (Lipinski definition) is 2. The van der Waals surface area contributed by atoms with Gasteiger partial charge in [-0.05, 0) is 37.8 Å². The van der Waals surface area contributed by atoms with E-state index in [4.69, 9.17) is 0 Å².